The van der Waals surface area contributed by atoms with Crippen molar-refractivity contribution >= 4 is 34.3 Å². The molecule has 0 N–H and O–H groups in total. The number of aromatic nitrogens is 2. The number of methoxy groups -OCH3 is 2. The average molecular weight is 395 g/mol. The molecule has 0 radical (unpaired) electrons. The van der Waals surface area contributed by atoms with Crippen LogP contribution in [0.5, 0.6) is 11.5 Å². The van der Waals surface area contributed by atoms with Gasteiger partial charge in [0.2, 0.25) is 5.95 Å². The van der Waals surface area contributed by atoms with Crippen LogP contribution >= 0.6 is 11.6 Å². The summed E-state index contributed by atoms with van der Waals surface area (Å²) in [5.41, 5.74) is 0.660. The molecule has 0 saturated carbocycles. The van der Waals surface area contributed by atoms with Gasteiger partial charge in [-0.1, -0.05) is 11.6 Å². The van der Waals surface area contributed by atoms with Gasteiger partial charge in [-0.3, -0.25) is 0 Å². The molecule has 2 aliphatic heterocycles. The van der Waals surface area contributed by atoms with E-state index in [4.69, 9.17) is 40.5 Å². The van der Waals surface area contributed by atoms with Gasteiger partial charge in [0.25, 0.3) is 0 Å². The number of nitrogens with zero attached hydrogens (tertiary/aromatic N) is 4. The fraction of sp³-hybridized carbons (Fsp3) is 0.556. The molecule has 2 saturated heterocycles. The minimum absolute atomic E-state index is 0.508. The molecule has 0 bridgehead atoms. The summed E-state index contributed by atoms with van der Waals surface area (Å²) in [6, 6.07) is 1.74. The largest absolute Gasteiger partial charge is 0.493 e. The van der Waals surface area contributed by atoms with Crippen LogP contribution < -0.4 is 19.3 Å². The third-order valence-electron chi connectivity index (χ3n) is 4.84. The first-order valence-electron chi connectivity index (χ1n) is 9.00. The van der Waals surface area contributed by atoms with Crippen molar-refractivity contribution in [3.05, 3.63) is 11.1 Å². The lowest BCUT2D eigenvalue weighted by atomic mass is 10.1. The zero-order valence-electron chi connectivity index (χ0n) is 15.5. The number of fused-ring (bicyclic) bond motifs is 1. The van der Waals surface area contributed by atoms with Gasteiger partial charge in [-0.15, -0.1) is 0 Å². The van der Waals surface area contributed by atoms with E-state index in [0.717, 1.165) is 37.4 Å². The second-order valence-corrected chi connectivity index (χ2v) is 6.77. The van der Waals surface area contributed by atoms with Gasteiger partial charge >= 0.3 is 0 Å². The van der Waals surface area contributed by atoms with Crippen LogP contribution in [0.4, 0.5) is 11.8 Å². The summed E-state index contributed by atoms with van der Waals surface area (Å²) in [6.07, 6.45) is 0. The molecular weight excluding hydrogens is 372 g/mol. The molecule has 1 aromatic heterocycles. The number of benzene rings is 1. The second kappa shape index (κ2) is 7.92. The molecule has 8 nitrogen and oxygen atoms in total. The summed E-state index contributed by atoms with van der Waals surface area (Å²) in [5, 5.41) is 1.27. The Bertz CT molecular complexity index is 823. The van der Waals surface area contributed by atoms with Gasteiger partial charge < -0.3 is 28.7 Å². The summed E-state index contributed by atoms with van der Waals surface area (Å²) in [7, 11) is 3.21. The molecule has 0 aliphatic carbocycles. The number of hydrogen-bond donors (Lipinski definition) is 0. The lowest BCUT2D eigenvalue weighted by molar-refractivity contribution is 0.121. The summed E-state index contributed by atoms with van der Waals surface area (Å²) in [6.45, 7) is 5.61. The molecule has 9 heteroatoms. The molecule has 0 spiro atoms. The Labute approximate surface area is 162 Å². The first kappa shape index (κ1) is 18.3. The van der Waals surface area contributed by atoms with E-state index in [9.17, 15) is 0 Å². The third kappa shape index (κ3) is 3.44. The molecular formula is C18H23ClN4O4. The molecule has 2 aromatic rings. The van der Waals surface area contributed by atoms with Crippen LogP contribution in [0.2, 0.25) is 5.02 Å². The molecule has 0 unspecified atom stereocenters. The molecule has 27 heavy (non-hydrogen) atoms. The van der Waals surface area contributed by atoms with Gasteiger partial charge in [-0.2, -0.15) is 4.98 Å². The molecule has 146 valence electrons. The van der Waals surface area contributed by atoms with E-state index in [2.05, 4.69) is 9.80 Å². The van der Waals surface area contributed by atoms with E-state index in [1.165, 1.54) is 0 Å². The van der Waals surface area contributed by atoms with Gasteiger partial charge in [-0.05, 0) is 0 Å². The number of hydrogen-bond acceptors (Lipinski definition) is 8. The van der Waals surface area contributed by atoms with Gasteiger partial charge in [0.1, 0.15) is 11.3 Å². The van der Waals surface area contributed by atoms with Gasteiger partial charge in [0, 0.05) is 32.2 Å². The molecule has 3 heterocycles. The van der Waals surface area contributed by atoms with E-state index in [-0.39, 0.29) is 0 Å². The Morgan fingerprint density at radius 2 is 1.56 bits per heavy atom. The Balaban J connectivity index is 1.94. The zero-order valence-corrected chi connectivity index (χ0v) is 16.3. The maximum absolute atomic E-state index is 6.58. The van der Waals surface area contributed by atoms with Crippen molar-refractivity contribution in [3.63, 3.8) is 0 Å². The predicted octanol–water partition coefficient (Wildman–Crippen LogP) is 1.97. The summed E-state index contributed by atoms with van der Waals surface area (Å²) < 4.78 is 22.1. The highest BCUT2D eigenvalue weighted by molar-refractivity contribution is 6.36. The summed E-state index contributed by atoms with van der Waals surface area (Å²) in [5.74, 6) is 2.60. The third-order valence-corrected chi connectivity index (χ3v) is 5.13. The number of morpholine rings is 2. The van der Waals surface area contributed by atoms with E-state index in [0.29, 0.717) is 54.4 Å². The Hall–Kier alpha value is -2.03. The maximum atomic E-state index is 6.58. The van der Waals surface area contributed by atoms with Crippen molar-refractivity contribution in [3.8, 4) is 11.5 Å². The van der Waals surface area contributed by atoms with Gasteiger partial charge in [-0.25, -0.2) is 4.98 Å². The maximum Gasteiger partial charge on any atom is 0.228 e. The van der Waals surface area contributed by atoms with Crippen molar-refractivity contribution in [2.45, 2.75) is 0 Å². The number of halogens is 1. The fourth-order valence-corrected chi connectivity index (χ4v) is 3.69. The van der Waals surface area contributed by atoms with Crippen molar-refractivity contribution in [2.24, 2.45) is 0 Å². The highest BCUT2D eigenvalue weighted by Gasteiger charge is 2.26. The number of rotatable bonds is 4. The summed E-state index contributed by atoms with van der Waals surface area (Å²) in [4.78, 5) is 14.0. The monoisotopic (exact) mass is 394 g/mol. The van der Waals surface area contributed by atoms with Crippen LogP contribution in [0.25, 0.3) is 10.9 Å². The Morgan fingerprint density at radius 3 is 2.15 bits per heavy atom. The zero-order chi connectivity index (χ0) is 18.8. The fourth-order valence-electron chi connectivity index (χ4n) is 3.45. The van der Waals surface area contributed by atoms with Crippen LogP contribution in [0.1, 0.15) is 0 Å². The highest BCUT2D eigenvalue weighted by atomic mass is 35.5. The lowest BCUT2D eigenvalue weighted by Gasteiger charge is -2.32. The molecule has 2 aliphatic rings. The van der Waals surface area contributed by atoms with E-state index >= 15 is 0 Å². The minimum atomic E-state index is 0.508. The topological polar surface area (TPSA) is 69.2 Å². The molecule has 0 amide bonds. The van der Waals surface area contributed by atoms with Crippen molar-refractivity contribution in [2.75, 3.05) is 76.6 Å². The predicted molar refractivity (Wildman–Crippen MR) is 104 cm³/mol. The lowest BCUT2D eigenvalue weighted by Crippen LogP contribution is -2.39. The van der Waals surface area contributed by atoms with Crippen LogP contribution in [0.3, 0.4) is 0 Å². The molecule has 1 aromatic carbocycles. The molecule has 4 rings (SSSR count). The van der Waals surface area contributed by atoms with Crippen molar-refractivity contribution in [1.82, 2.24) is 9.97 Å². The van der Waals surface area contributed by atoms with Crippen LogP contribution in [0.15, 0.2) is 6.07 Å². The van der Waals surface area contributed by atoms with E-state index in [1.807, 2.05) is 0 Å². The normalized spacial score (nSPS) is 18.0. The second-order valence-electron chi connectivity index (χ2n) is 6.36. The van der Waals surface area contributed by atoms with Crippen LogP contribution in [-0.4, -0.2) is 76.8 Å². The highest BCUT2D eigenvalue weighted by Crippen LogP contribution is 2.44. The standard InChI is InChI=1S/C18H23ClN4O4/c1-24-13-11-12(19)15-14(16(13)25-2)17(22-3-7-26-8-4-22)21-18(20-15)23-5-9-27-10-6-23/h11H,3-10H2,1-2H3. The SMILES string of the molecule is COc1cc(Cl)c2nc(N3CCOCC3)nc(N3CCOCC3)c2c1OC. The van der Waals surface area contributed by atoms with Gasteiger partial charge in [0.15, 0.2) is 11.5 Å². The van der Waals surface area contributed by atoms with Crippen molar-refractivity contribution in [1.29, 1.82) is 0 Å². The Morgan fingerprint density at radius 1 is 0.926 bits per heavy atom. The average Bonchev–Trinajstić information content (AvgIpc) is 2.74. The van der Waals surface area contributed by atoms with E-state index in [1.54, 1.807) is 20.3 Å². The smallest absolute Gasteiger partial charge is 0.228 e. The van der Waals surface area contributed by atoms with Crippen LogP contribution in [0, 0.1) is 0 Å². The summed E-state index contributed by atoms with van der Waals surface area (Å²) >= 11 is 6.58. The number of ether oxygens (including phenoxy) is 4. The first-order valence-corrected chi connectivity index (χ1v) is 9.38. The molecule has 2 fully saturated rings. The van der Waals surface area contributed by atoms with Crippen molar-refractivity contribution < 1.29 is 18.9 Å². The van der Waals surface area contributed by atoms with Crippen LogP contribution in [-0.2, 0) is 9.47 Å². The quantitative estimate of drug-likeness (QED) is 0.779. The first-order chi connectivity index (χ1) is 13.2. The van der Waals surface area contributed by atoms with Gasteiger partial charge in [0.05, 0.1) is 51.1 Å². The number of anilines is 2. The Kier molecular flexibility index (Phi) is 5.38. The van der Waals surface area contributed by atoms with E-state index < -0.39 is 0 Å². The minimum Gasteiger partial charge on any atom is -0.493 e. The molecule has 0 atom stereocenters.